The molecule has 0 aromatic rings. The van der Waals surface area contributed by atoms with Crippen molar-refractivity contribution in [2.24, 2.45) is 5.41 Å². The predicted octanol–water partition coefficient (Wildman–Crippen LogP) is 2.00. The van der Waals surface area contributed by atoms with Gasteiger partial charge in [-0.1, -0.05) is 27.7 Å². The molecule has 1 aliphatic rings. The molecule has 2 amide bonds. The normalized spacial score (nSPS) is 22.3. The summed E-state index contributed by atoms with van der Waals surface area (Å²) in [5.74, 6) is -0.800. The topological polar surface area (TPSA) is 81.7 Å². The van der Waals surface area contributed by atoms with Crippen molar-refractivity contribution in [1.82, 2.24) is 15.5 Å². The fourth-order valence-electron chi connectivity index (χ4n) is 2.84. The van der Waals surface area contributed by atoms with Gasteiger partial charge in [0.15, 0.2) is 0 Å². The Morgan fingerprint density at radius 2 is 1.96 bits per heavy atom. The lowest BCUT2D eigenvalue weighted by Crippen LogP contribution is -2.56. The molecule has 0 spiro atoms. The average molecular weight is 346 g/mol. The molecular formula is C16H31N3O3S. The molecule has 7 heteroatoms. The fraction of sp³-hybridized carbons (Fsp3) is 0.875. The van der Waals surface area contributed by atoms with Crippen molar-refractivity contribution < 1.29 is 14.7 Å². The Hall–Kier alpha value is -0.950. The van der Waals surface area contributed by atoms with E-state index in [2.05, 4.69) is 37.7 Å². The summed E-state index contributed by atoms with van der Waals surface area (Å²) in [4.78, 5) is 24.7. The lowest BCUT2D eigenvalue weighted by Gasteiger charge is -2.42. The van der Waals surface area contributed by atoms with E-state index in [9.17, 15) is 9.59 Å². The van der Waals surface area contributed by atoms with Crippen LogP contribution in [0.1, 0.15) is 40.5 Å². The lowest BCUT2D eigenvalue weighted by molar-refractivity contribution is -0.139. The highest BCUT2D eigenvalue weighted by atomic mass is 32.2. The lowest BCUT2D eigenvalue weighted by atomic mass is 9.85. The summed E-state index contributed by atoms with van der Waals surface area (Å²) in [6.45, 7) is 9.92. The molecule has 1 unspecified atom stereocenters. The number of aliphatic carboxylic acids is 1. The summed E-state index contributed by atoms with van der Waals surface area (Å²) >= 11 is 1.77. The summed E-state index contributed by atoms with van der Waals surface area (Å²) in [6, 6.07) is 0.276. The number of hydrogen-bond acceptors (Lipinski definition) is 4. The Bertz CT molecular complexity index is 406. The third kappa shape index (κ3) is 6.59. The minimum atomic E-state index is -0.800. The average Bonchev–Trinajstić information content (AvgIpc) is 2.39. The van der Waals surface area contributed by atoms with Gasteiger partial charge >= 0.3 is 12.0 Å². The van der Waals surface area contributed by atoms with E-state index < -0.39 is 5.97 Å². The van der Waals surface area contributed by atoms with Gasteiger partial charge in [-0.2, -0.15) is 11.8 Å². The summed E-state index contributed by atoms with van der Waals surface area (Å²) in [7, 11) is 0. The highest BCUT2D eigenvalue weighted by molar-refractivity contribution is 7.99. The van der Waals surface area contributed by atoms with Gasteiger partial charge in [-0.3, -0.25) is 9.69 Å². The van der Waals surface area contributed by atoms with E-state index >= 15 is 0 Å². The van der Waals surface area contributed by atoms with Crippen molar-refractivity contribution >= 4 is 23.8 Å². The van der Waals surface area contributed by atoms with Crippen LogP contribution in [0.15, 0.2) is 0 Å². The molecule has 6 nitrogen and oxygen atoms in total. The molecule has 0 aliphatic heterocycles. The van der Waals surface area contributed by atoms with Gasteiger partial charge in [0.2, 0.25) is 0 Å². The Morgan fingerprint density at radius 3 is 2.39 bits per heavy atom. The zero-order valence-electron chi connectivity index (χ0n) is 14.9. The van der Waals surface area contributed by atoms with Crippen molar-refractivity contribution in [3.63, 3.8) is 0 Å². The first-order valence-electron chi connectivity index (χ1n) is 8.20. The first kappa shape index (κ1) is 20.1. The zero-order chi connectivity index (χ0) is 17.6. The second kappa shape index (κ2) is 8.78. The SMILES string of the molecule is CCN(CC(=O)O)C1CC(NC(=O)NCC(SC)C(C)(C)C)C1. The van der Waals surface area contributed by atoms with Crippen LogP contribution in [0.2, 0.25) is 0 Å². The quantitative estimate of drug-likeness (QED) is 0.627. The number of urea groups is 1. The number of rotatable bonds is 8. The number of nitrogens with one attached hydrogen (secondary N) is 2. The van der Waals surface area contributed by atoms with Crippen LogP contribution in [0, 0.1) is 5.41 Å². The van der Waals surface area contributed by atoms with Crippen LogP contribution in [0.25, 0.3) is 0 Å². The zero-order valence-corrected chi connectivity index (χ0v) is 15.7. The molecule has 0 bridgehead atoms. The molecule has 0 saturated heterocycles. The number of carboxylic acids is 1. The maximum atomic E-state index is 12.0. The van der Waals surface area contributed by atoms with Crippen LogP contribution in [0.3, 0.4) is 0 Å². The Labute approximate surface area is 143 Å². The van der Waals surface area contributed by atoms with Gasteiger partial charge in [0.05, 0.1) is 6.54 Å². The van der Waals surface area contributed by atoms with E-state index in [1.807, 2.05) is 11.8 Å². The Kier molecular flexibility index (Phi) is 7.67. The first-order chi connectivity index (χ1) is 10.7. The standard InChI is InChI=1S/C16H31N3O3S/c1-6-19(10-14(20)21)12-7-11(8-12)18-15(22)17-9-13(23-5)16(2,3)4/h11-13H,6-10H2,1-5H3,(H,20,21)(H2,17,18,22). The number of carbonyl (C=O) groups excluding carboxylic acids is 1. The van der Waals surface area contributed by atoms with Gasteiger partial charge < -0.3 is 15.7 Å². The summed E-state index contributed by atoms with van der Waals surface area (Å²) in [5, 5.41) is 15.2. The Morgan fingerprint density at radius 1 is 1.35 bits per heavy atom. The molecule has 0 aromatic heterocycles. The van der Waals surface area contributed by atoms with Crippen LogP contribution in [0.5, 0.6) is 0 Å². The van der Waals surface area contributed by atoms with Crippen LogP contribution < -0.4 is 10.6 Å². The number of amides is 2. The molecule has 1 atom stereocenters. The molecule has 3 N–H and O–H groups in total. The third-order valence-corrected chi connectivity index (χ3v) is 5.85. The minimum absolute atomic E-state index is 0.0705. The van der Waals surface area contributed by atoms with E-state index in [1.54, 1.807) is 11.8 Å². The van der Waals surface area contributed by atoms with Gasteiger partial charge in [0, 0.05) is 23.9 Å². The molecule has 134 valence electrons. The highest BCUT2D eigenvalue weighted by Crippen LogP contribution is 2.28. The van der Waals surface area contributed by atoms with Gasteiger partial charge in [-0.15, -0.1) is 0 Å². The molecule has 1 saturated carbocycles. The summed E-state index contributed by atoms with van der Waals surface area (Å²) in [6.07, 6.45) is 3.70. The van der Waals surface area contributed by atoms with Gasteiger partial charge in [-0.25, -0.2) is 4.79 Å². The van der Waals surface area contributed by atoms with E-state index in [0.29, 0.717) is 11.8 Å². The van der Waals surface area contributed by atoms with Crippen LogP contribution in [-0.2, 0) is 4.79 Å². The number of carboxylic acid groups (broad SMARTS) is 1. The summed E-state index contributed by atoms with van der Waals surface area (Å²) in [5.41, 5.74) is 0.146. The number of hydrogen-bond donors (Lipinski definition) is 3. The maximum Gasteiger partial charge on any atom is 0.317 e. The molecule has 0 heterocycles. The van der Waals surface area contributed by atoms with Crippen LogP contribution in [0.4, 0.5) is 4.79 Å². The molecule has 0 aromatic carbocycles. The molecular weight excluding hydrogens is 314 g/mol. The van der Waals surface area contributed by atoms with Crippen molar-refractivity contribution in [2.45, 2.75) is 57.9 Å². The van der Waals surface area contributed by atoms with Gasteiger partial charge in [0.1, 0.15) is 0 Å². The second-order valence-electron chi connectivity index (χ2n) is 7.22. The van der Waals surface area contributed by atoms with Crippen molar-refractivity contribution in [3.05, 3.63) is 0 Å². The Balaban J connectivity index is 2.29. The van der Waals surface area contributed by atoms with Crippen molar-refractivity contribution in [3.8, 4) is 0 Å². The number of thioether (sulfide) groups is 1. The number of carbonyl (C=O) groups is 2. The van der Waals surface area contributed by atoms with E-state index in [-0.39, 0.29) is 30.1 Å². The van der Waals surface area contributed by atoms with E-state index in [1.165, 1.54) is 0 Å². The number of nitrogens with zero attached hydrogens (tertiary/aromatic N) is 1. The molecule has 1 aliphatic carbocycles. The largest absolute Gasteiger partial charge is 0.480 e. The fourth-order valence-corrected chi connectivity index (χ4v) is 3.80. The van der Waals surface area contributed by atoms with E-state index in [0.717, 1.165) is 19.4 Å². The smallest absolute Gasteiger partial charge is 0.317 e. The van der Waals surface area contributed by atoms with Crippen LogP contribution in [-0.4, -0.2) is 65.2 Å². The van der Waals surface area contributed by atoms with Gasteiger partial charge in [0.25, 0.3) is 0 Å². The molecule has 1 rings (SSSR count). The first-order valence-corrected chi connectivity index (χ1v) is 9.49. The second-order valence-corrected chi connectivity index (χ2v) is 8.26. The van der Waals surface area contributed by atoms with Crippen molar-refractivity contribution in [1.29, 1.82) is 0 Å². The predicted molar refractivity (Wildman–Crippen MR) is 95.0 cm³/mol. The monoisotopic (exact) mass is 345 g/mol. The van der Waals surface area contributed by atoms with Crippen LogP contribution >= 0.6 is 11.8 Å². The maximum absolute atomic E-state index is 12.0. The summed E-state index contributed by atoms with van der Waals surface area (Å²) < 4.78 is 0. The highest BCUT2D eigenvalue weighted by Gasteiger charge is 2.34. The number of likely N-dealkylation sites (N-methyl/N-ethyl adjacent to an activating group) is 1. The van der Waals surface area contributed by atoms with Crippen molar-refractivity contribution in [2.75, 3.05) is 25.9 Å². The molecule has 0 radical (unpaired) electrons. The minimum Gasteiger partial charge on any atom is -0.480 e. The third-order valence-electron chi connectivity index (χ3n) is 4.41. The molecule has 1 fully saturated rings. The van der Waals surface area contributed by atoms with E-state index in [4.69, 9.17) is 5.11 Å². The molecule has 23 heavy (non-hydrogen) atoms. The van der Waals surface area contributed by atoms with Gasteiger partial charge in [-0.05, 0) is 31.1 Å².